The summed E-state index contributed by atoms with van der Waals surface area (Å²) in [5.41, 5.74) is 5.22. The average Bonchev–Trinajstić information content (AvgIpc) is 3.13. The van der Waals surface area contributed by atoms with Crippen LogP contribution in [-0.2, 0) is 11.3 Å². The molecule has 2 heterocycles. The van der Waals surface area contributed by atoms with Crippen molar-refractivity contribution in [3.8, 4) is 5.75 Å². The molecule has 0 aliphatic rings. The van der Waals surface area contributed by atoms with E-state index < -0.39 is 0 Å². The number of para-hydroxylation sites is 2. The molecular weight excluding hydrogens is 427 g/mol. The van der Waals surface area contributed by atoms with Crippen molar-refractivity contribution in [2.45, 2.75) is 25.5 Å². The maximum absolute atomic E-state index is 13.1. The molecular formula is C24H23FN4O2S. The molecule has 0 aliphatic heterocycles. The van der Waals surface area contributed by atoms with Gasteiger partial charge in [-0.1, -0.05) is 23.9 Å². The topological polar surface area (TPSA) is 69.0 Å². The lowest BCUT2D eigenvalue weighted by atomic mass is 10.1. The number of carbonyl (C=O) groups excluding carboxylic acids is 1. The Balaban J connectivity index is 1.58. The Hall–Kier alpha value is -3.39. The zero-order valence-corrected chi connectivity index (χ0v) is 18.9. The first-order valence-corrected chi connectivity index (χ1v) is 11.1. The number of halogens is 1. The number of fused-ring (bicyclic) bond motifs is 1. The number of methoxy groups -OCH3 is 1. The monoisotopic (exact) mass is 450 g/mol. The second-order valence-corrected chi connectivity index (χ2v) is 8.30. The number of thioether (sulfide) groups is 1. The molecule has 0 aliphatic carbocycles. The molecule has 0 atom stereocenters. The molecule has 1 amide bonds. The number of aryl methyl sites for hydroxylation is 1. The number of nitrogens with one attached hydrogen (secondary N) is 1. The van der Waals surface area contributed by atoms with Crippen LogP contribution < -0.4 is 10.1 Å². The van der Waals surface area contributed by atoms with Gasteiger partial charge in [0.15, 0.2) is 5.16 Å². The van der Waals surface area contributed by atoms with Crippen LogP contribution in [0.1, 0.15) is 16.8 Å². The van der Waals surface area contributed by atoms with E-state index in [9.17, 15) is 9.18 Å². The van der Waals surface area contributed by atoms with E-state index in [-0.39, 0.29) is 17.5 Å². The number of benzene rings is 2. The van der Waals surface area contributed by atoms with E-state index in [4.69, 9.17) is 9.72 Å². The lowest BCUT2D eigenvalue weighted by Gasteiger charge is -2.14. The lowest BCUT2D eigenvalue weighted by Crippen LogP contribution is -2.15. The summed E-state index contributed by atoms with van der Waals surface area (Å²) < 4.78 is 20.7. The van der Waals surface area contributed by atoms with Crippen LogP contribution in [0.2, 0.25) is 0 Å². The summed E-state index contributed by atoms with van der Waals surface area (Å²) in [4.78, 5) is 21.8. The standard InChI is InChI=1S/C24H23FN4O2S/c1-15-12-26-20(16(2)23(15)31-3)13-29-21-7-5-4-6-19(21)28-24(29)32-14-22(30)27-18-10-8-17(25)9-11-18/h4-12H,13-14H2,1-3H3,(H,27,30). The number of hydrogen-bond acceptors (Lipinski definition) is 5. The Bertz CT molecular complexity index is 1270. The number of nitrogens with zero attached hydrogens (tertiary/aromatic N) is 3. The number of rotatable bonds is 7. The van der Waals surface area contributed by atoms with Crippen molar-refractivity contribution in [3.63, 3.8) is 0 Å². The Labute approximate surface area is 189 Å². The molecule has 0 unspecified atom stereocenters. The molecule has 4 aromatic rings. The fourth-order valence-corrected chi connectivity index (χ4v) is 4.37. The molecule has 0 radical (unpaired) electrons. The van der Waals surface area contributed by atoms with Gasteiger partial charge in [0.1, 0.15) is 11.6 Å². The number of amides is 1. The molecule has 164 valence electrons. The van der Waals surface area contributed by atoms with E-state index in [0.29, 0.717) is 12.2 Å². The van der Waals surface area contributed by atoms with Crippen molar-refractivity contribution in [3.05, 3.63) is 77.4 Å². The van der Waals surface area contributed by atoms with Crippen LogP contribution in [0, 0.1) is 19.7 Å². The van der Waals surface area contributed by atoms with Gasteiger partial charge in [0.05, 0.1) is 36.1 Å². The van der Waals surface area contributed by atoms with E-state index in [1.54, 1.807) is 7.11 Å². The molecule has 0 fully saturated rings. The molecule has 2 aromatic heterocycles. The van der Waals surface area contributed by atoms with Crippen molar-refractivity contribution in [1.29, 1.82) is 0 Å². The van der Waals surface area contributed by atoms with Crippen LogP contribution in [0.25, 0.3) is 11.0 Å². The Morgan fingerprint density at radius 2 is 1.91 bits per heavy atom. The van der Waals surface area contributed by atoms with Crippen molar-refractivity contribution in [2.24, 2.45) is 0 Å². The van der Waals surface area contributed by atoms with Crippen LogP contribution in [-0.4, -0.2) is 33.3 Å². The highest BCUT2D eigenvalue weighted by Crippen LogP contribution is 2.29. The van der Waals surface area contributed by atoms with Crippen LogP contribution in [0.3, 0.4) is 0 Å². The number of carbonyl (C=O) groups is 1. The van der Waals surface area contributed by atoms with Crippen LogP contribution >= 0.6 is 11.8 Å². The first-order valence-electron chi connectivity index (χ1n) is 10.1. The van der Waals surface area contributed by atoms with Gasteiger partial charge in [-0.05, 0) is 50.2 Å². The highest BCUT2D eigenvalue weighted by atomic mass is 32.2. The number of aromatic nitrogens is 3. The van der Waals surface area contributed by atoms with Crippen LogP contribution in [0.15, 0.2) is 59.9 Å². The van der Waals surface area contributed by atoms with Crippen LogP contribution in [0.5, 0.6) is 5.75 Å². The highest BCUT2D eigenvalue weighted by Gasteiger charge is 2.16. The van der Waals surface area contributed by atoms with Gasteiger partial charge < -0.3 is 14.6 Å². The highest BCUT2D eigenvalue weighted by molar-refractivity contribution is 7.99. The third-order valence-electron chi connectivity index (χ3n) is 5.14. The summed E-state index contributed by atoms with van der Waals surface area (Å²) in [6.45, 7) is 4.47. The maximum Gasteiger partial charge on any atom is 0.234 e. The molecule has 8 heteroatoms. The fraction of sp³-hybridized carbons (Fsp3) is 0.208. The van der Waals surface area contributed by atoms with Gasteiger partial charge in [0.2, 0.25) is 5.91 Å². The van der Waals surface area contributed by atoms with Crippen molar-refractivity contribution >= 4 is 34.4 Å². The van der Waals surface area contributed by atoms with Crippen molar-refractivity contribution in [2.75, 3.05) is 18.2 Å². The van der Waals surface area contributed by atoms with E-state index in [1.807, 2.05) is 44.3 Å². The maximum atomic E-state index is 13.1. The fourth-order valence-electron chi connectivity index (χ4n) is 3.56. The molecule has 0 bridgehead atoms. The molecule has 0 spiro atoms. The summed E-state index contributed by atoms with van der Waals surface area (Å²) in [5.74, 6) is 0.464. The SMILES string of the molecule is COc1c(C)cnc(Cn2c(SCC(=O)Nc3ccc(F)cc3)nc3ccccc32)c1C. The molecule has 1 N–H and O–H groups in total. The quantitative estimate of drug-likeness (QED) is 0.403. The first kappa shape index (κ1) is 21.8. The first-order chi connectivity index (χ1) is 15.5. The van der Waals surface area contributed by atoms with Gasteiger partial charge in [-0.2, -0.15) is 0 Å². The minimum Gasteiger partial charge on any atom is -0.496 e. The third-order valence-corrected chi connectivity index (χ3v) is 6.11. The second kappa shape index (κ2) is 9.40. The normalized spacial score (nSPS) is 11.0. The van der Waals surface area contributed by atoms with E-state index in [1.165, 1.54) is 36.0 Å². The number of hydrogen-bond donors (Lipinski definition) is 1. The molecule has 4 rings (SSSR count). The zero-order valence-electron chi connectivity index (χ0n) is 18.1. The smallest absolute Gasteiger partial charge is 0.234 e. The van der Waals surface area contributed by atoms with E-state index in [2.05, 4.69) is 14.9 Å². The molecule has 0 saturated heterocycles. The summed E-state index contributed by atoms with van der Waals surface area (Å²) in [7, 11) is 1.66. The summed E-state index contributed by atoms with van der Waals surface area (Å²) in [6.07, 6.45) is 1.81. The van der Waals surface area contributed by atoms with Gasteiger partial charge in [0.25, 0.3) is 0 Å². The second-order valence-electron chi connectivity index (χ2n) is 7.36. The number of ether oxygens (including phenoxy) is 1. The number of anilines is 1. The summed E-state index contributed by atoms with van der Waals surface area (Å²) >= 11 is 1.35. The largest absolute Gasteiger partial charge is 0.496 e. The predicted octanol–water partition coefficient (Wildman–Crippen LogP) is 4.97. The minimum absolute atomic E-state index is 0.171. The van der Waals surface area contributed by atoms with E-state index >= 15 is 0 Å². The van der Waals surface area contributed by atoms with Gasteiger partial charge in [0, 0.05) is 23.0 Å². The summed E-state index contributed by atoms with van der Waals surface area (Å²) in [6, 6.07) is 13.6. The molecule has 32 heavy (non-hydrogen) atoms. The minimum atomic E-state index is -0.345. The zero-order chi connectivity index (χ0) is 22.7. The van der Waals surface area contributed by atoms with Gasteiger partial charge >= 0.3 is 0 Å². The lowest BCUT2D eigenvalue weighted by molar-refractivity contribution is -0.113. The predicted molar refractivity (Wildman–Crippen MR) is 125 cm³/mol. The van der Waals surface area contributed by atoms with Crippen molar-refractivity contribution < 1.29 is 13.9 Å². The van der Waals surface area contributed by atoms with Gasteiger partial charge in [-0.3, -0.25) is 9.78 Å². The molecule has 6 nitrogen and oxygen atoms in total. The van der Waals surface area contributed by atoms with Gasteiger partial charge in [-0.15, -0.1) is 0 Å². The Kier molecular flexibility index (Phi) is 6.41. The molecule has 0 saturated carbocycles. The summed E-state index contributed by atoms with van der Waals surface area (Å²) in [5, 5.41) is 3.50. The van der Waals surface area contributed by atoms with Crippen molar-refractivity contribution in [1.82, 2.24) is 14.5 Å². The molecule has 2 aromatic carbocycles. The number of imidazole rings is 1. The third kappa shape index (κ3) is 4.60. The Morgan fingerprint density at radius 1 is 1.16 bits per heavy atom. The van der Waals surface area contributed by atoms with Gasteiger partial charge in [-0.25, -0.2) is 9.37 Å². The van der Waals surface area contributed by atoms with Crippen LogP contribution in [0.4, 0.5) is 10.1 Å². The number of pyridine rings is 1. The van der Waals surface area contributed by atoms with E-state index in [0.717, 1.165) is 38.8 Å². The average molecular weight is 451 g/mol. The Morgan fingerprint density at radius 3 is 2.66 bits per heavy atom.